The number of hydrogen-bond acceptors (Lipinski definition) is 3. The topological polar surface area (TPSA) is 61.0 Å². The van der Waals surface area contributed by atoms with Crippen LogP contribution in [0.2, 0.25) is 0 Å². The van der Waals surface area contributed by atoms with Gasteiger partial charge in [-0.2, -0.15) is 18.3 Å². The summed E-state index contributed by atoms with van der Waals surface area (Å²) in [4.78, 5) is 13.3. The van der Waals surface area contributed by atoms with Gasteiger partial charge in [-0.25, -0.2) is 0 Å². The molecule has 0 radical (unpaired) electrons. The molecule has 20 heavy (non-hydrogen) atoms. The minimum Gasteiger partial charge on any atom is -0.346 e. The lowest BCUT2D eigenvalue weighted by Gasteiger charge is -2.30. The number of aromatic nitrogens is 2. The SMILES string of the molecule is O=C(CN1CCC(c2cn[nH]c2)CC1)NCC(F)(F)F. The smallest absolute Gasteiger partial charge is 0.346 e. The number of H-pyrrole nitrogens is 1. The predicted octanol–water partition coefficient (Wildman–Crippen LogP) is 1.27. The van der Waals surface area contributed by atoms with E-state index in [2.05, 4.69) is 10.2 Å². The lowest BCUT2D eigenvalue weighted by atomic mass is 9.91. The number of nitrogens with zero attached hydrogens (tertiary/aromatic N) is 2. The Morgan fingerprint density at radius 3 is 2.70 bits per heavy atom. The summed E-state index contributed by atoms with van der Waals surface area (Å²) in [5.41, 5.74) is 1.14. The molecule has 0 aromatic carbocycles. The van der Waals surface area contributed by atoms with Gasteiger partial charge in [-0.05, 0) is 37.4 Å². The van der Waals surface area contributed by atoms with Crippen molar-refractivity contribution in [2.24, 2.45) is 0 Å². The maximum atomic E-state index is 12.0. The number of halogens is 3. The largest absolute Gasteiger partial charge is 0.405 e. The first-order valence-corrected chi connectivity index (χ1v) is 6.48. The molecule has 0 atom stereocenters. The van der Waals surface area contributed by atoms with Gasteiger partial charge in [0.1, 0.15) is 6.54 Å². The summed E-state index contributed by atoms with van der Waals surface area (Å²) in [5, 5.41) is 8.56. The molecule has 1 amide bonds. The van der Waals surface area contributed by atoms with Crippen LogP contribution in [0.3, 0.4) is 0 Å². The highest BCUT2D eigenvalue weighted by molar-refractivity contribution is 5.78. The van der Waals surface area contributed by atoms with Crippen molar-refractivity contribution in [2.75, 3.05) is 26.2 Å². The molecule has 1 aromatic rings. The normalized spacial score (nSPS) is 18.1. The van der Waals surface area contributed by atoms with Crippen molar-refractivity contribution in [1.82, 2.24) is 20.4 Å². The minimum atomic E-state index is -4.36. The zero-order valence-corrected chi connectivity index (χ0v) is 10.9. The molecule has 1 aliphatic rings. The van der Waals surface area contributed by atoms with E-state index >= 15 is 0 Å². The highest BCUT2D eigenvalue weighted by Gasteiger charge is 2.28. The highest BCUT2D eigenvalue weighted by Crippen LogP contribution is 2.26. The number of piperidine rings is 1. The summed E-state index contributed by atoms with van der Waals surface area (Å²) in [5.74, 6) is -0.174. The molecule has 112 valence electrons. The average Bonchev–Trinajstić information content (AvgIpc) is 2.90. The van der Waals surface area contributed by atoms with Crippen LogP contribution in [0.4, 0.5) is 13.2 Å². The van der Waals surface area contributed by atoms with Gasteiger partial charge in [-0.3, -0.25) is 14.8 Å². The number of carbonyl (C=O) groups excluding carboxylic acids is 1. The van der Waals surface area contributed by atoms with E-state index in [1.165, 1.54) is 0 Å². The number of aromatic amines is 1. The summed E-state index contributed by atoms with van der Waals surface area (Å²) >= 11 is 0. The summed E-state index contributed by atoms with van der Waals surface area (Å²) in [7, 11) is 0. The van der Waals surface area contributed by atoms with Gasteiger partial charge >= 0.3 is 6.18 Å². The van der Waals surface area contributed by atoms with Gasteiger partial charge in [0.05, 0.1) is 12.7 Å². The van der Waals surface area contributed by atoms with Crippen molar-refractivity contribution in [3.8, 4) is 0 Å². The predicted molar refractivity (Wildman–Crippen MR) is 66.1 cm³/mol. The molecule has 1 fully saturated rings. The van der Waals surface area contributed by atoms with Crippen LogP contribution < -0.4 is 5.32 Å². The Morgan fingerprint density at radius 2 is 2.15 bits per heavy atom. The van der Waals surface area contributed by atoms with Crippen LogP contribution in [0.15, 0.2) is 12.4 Å². The molecule has 1 aliphatic heterocycles. The maximum absolute atomic E-state index is 12.0. The molecule has 2 rings (SSSR count). The summed E-state index contributed by atoms with van der Waals surface area (Å²) in [6, 6.07) is 0. The molecule has 1 aromatic heterocycles. The molecule has 0 unspecified atom stereocenters. The van der Waals surface area contributed by atoms with Crippen LogP contribution >= 0.6 is 0 Å². The van der Waals surface area contributed by atoms with E-state index in [4.69, 9.17) is 0 Å². The van der Waals surface area contributed by atoms with Crippen LogP contribution in [0, 0.1) is 0 Å². The first-order chi connectivity index (χ1) is 9.44. The zero-order valence-electron chi connectivity index (χ0n) is 10.9. The molecule has 5 nitrogen and oxygen atoms in total. The minimum absolute atomic E-state index is 0.0220. The number of alkyl halides is 3. The van der Waals surface area contributed by atoms with Crippen LogP contribution in [0.25, 0.3) is 0 Å². The number of rotatable bonds is 4. The van der Waals surface area contributed by atoms with Crippen molar-refractivity contribution >= 4 is 5.91 Å². The van der Waals surface area contributed by atoms with E-state index in [9.17, 15) is 18.0 Å². The Labute approximate surface area is 114 Å². The van der Waals surface area contributed by atoms with Crippen LogP contribution in [-0.4, -0.2) is 53.4 Å². The Hall–Kier alpha value is -1.57. The first-order valence-electron chi connectivity index (χ1n) is 6.48. The van der Waals surface area contributed by atoms with E-state index in [1.807, 2.05) is 16.4 Å². The van der Waals surface area contributed by atoms with Crippen molar-refractivity contribution in [1.29, 1.82) is 0 Å². The van der Waals surface area contributed by atoms with Crippen LogP contribution in [0.1, 0.15) is 24.3 Å². The molecule has 2 N–H and O–H groups in total. The van der Waals surface area contributed by atoms with E-state index in [1.54, 1.807) is 6.20 Å². The fourth-order valence-corrected chi connectivity index (χ4v) is 2.37. The van der Waals surface area contributed by atoms with Gasteiger partial charge in [-0.15, -0.1) is 0 Å². The summed E-state index contributed by atoms with van der Waals surface area (Å²) in [6.07, 6.45) is 1.05. The standard InChI is InChI=1S/C12H17F3N4O/c13-12(14,15)8-16-11(20)7-19-3-1-9(2-4-19)10-5-17-18-6-10/h5-6,9H,1-4,7-8H2,(H,16,20)(H,17,18). The molecule has 0 saturated carbocycles. The van der Waals surface area contributed by atoms with Gasteiger partial charge in [0, 0.05) is 6.20 Å². The molecular weight excluding hydrogens is 273 g/mol. The zero-order chi connectivity index (χ0) is 14.6. The third-order valence-corrected chi connectivity index (χ3v) is 3.43. The van der Waals surface area contributed by atoms with Crippen LogP contribution in [-0.2, 0) is 4.79 Å². The molecule has 0 bridgehead atoms. The van der Waals surface area contributed by atoms with Gasteiger partial charge in [-0.1, -0.05) is 0 Å². The van der Waals surface area contributed by atoms with Crippen molar-refractivity contribution in [3.05, 3.63) is 18.0 Å². The van der Waals surface area contributed by atoms with Crippen molar-refractivity contribution < 1.29 is 18.0 Å². The number of likely N-dealkylation sites (tertiary alicyclic amines) is 1. The first kappa shape index (κ1) is 14.8. The number of carbonyl (C=O) groups is 1. The van der Waals surface area contributed by atoms with Gasteiger partial charge in [0.25, 0.3) is 0 Å². The quantitative estimate of drug-likeness (QED) is 0.878. The van der Waals surface area contributed by atoms with Gasteiger partial charge < -0.3 is 5.32 Å². The van der Waals surface area contributed by atoms with Crippen LogP contribution in [0.5, 0.6) is 0 Å². The monoisotopic (exact) mass is 290 g/mol. The molecular formula is C12H17F3N4O. The Balaban J connectivity index is 1.70. The second-order valence-corrected chi connectivity index (χ2v) is 4.97. The fourth-order valence-electron chi connectivity index (χ4n) is 2.37. The van der Waals surface area contributed by atoms with E-state index < -0.39 is 18.6 Å². The van der Waals surface area contributed by atoms with E-state index in [0.717, 1.165) is 18.4 Å². The molecule has 0 aliphatic carbocycles. The van der Waals surface area contributed by atoms with E-state index in [0.29, 0.717) is 19.0 Å². The second kappa shape index (κ2) is 6.25. The third kappa shape index (κ3) is 4.52. The second-order valence-electron chi connectivity index (χ2n) is 4.97. The van der Waals surface area contributed by atoms with Gasteiger partial charge in [0.2, 0.25) is 5.91 Å². The number of amides is 1. The van der Waals surface area contributed by atoms with E-state index in [-0.39, 0.29) is 6.54 Å². The molecule has 2 heterocycles. The van der Waals surface area contributed by atoms with Gasteiger partial charge in [0.15, 0.2) is 0 Å². The van der Waals surface area contributed by atoms with Crippen molar-refractivity contribution in [2.45, 2.75) is 24.9 Å². The lowest BCUT2D eigenvalue weighted by molar-refractivity contribution is -0.139. The molecule has 8 heteroatoms. The summed E-state index contributed by atoms with van der Waals surface area (Å²) in [6.45, 7) is 0.163. The Morgan fingerprint density at radius 1 is 1.45 bits per heavy atom. The Kier molecular flexibility index (Phi) is 4.64. The Bertz CT molecular complexity index is 424. The lowest BCUT2D eigenvalue weighted by Crippen LogP contribution is -2.43. The number of nitrogens with one attached hydrogen (secondary N) is 2. The van der Waals surface area contributed by atoms with Crippen molar-refractivity contribution in [3.63, 3.8) is 0 Å². The summed E-state index contributed by atoms with van der Waals surface area (Å²) < 4.78 is 35.9. The molecule has 1 saturated heterocycles. The fraction of sp³-hybridized carbons (Fsp3) is 0.667. The third-order valence-electron chi connectivity index (χ3n) is 3.43. The number of hydrogen-bond donors (Lipinski definition) is 2. The molecule has 0 spiro atoms. The average molecular weight is 290 g/mol. The maximum Gasteiger partial charge on any atom is 0.405 e. The highest BCUT2D eigenvalue weighted by atomic mass is 19.4.